The van der Waals surface area contributed by atoms with E-state index in [-0.39, 0.29) is 0 Å². The van der Waals surface area contributed by atoms with Crippen molar-refractivity contribution in [2.75, 3.05) is 98.8 Å². The second-order valence-electron chi connectivity index (χ2n) is 19.9. The molecule has 0 amide bonds. The van der Waals surface area contributed by atoms with Crippen LogP contribution in [-0.4, -0.2) is 119 Å². The number of rotatable bonds is 52. The molecular weight excluding hydrogens is 879 g/mol. The van der Waals surface area contributed by atoms with Crippen LogP contribution in [0.15, 0.2) is 18.3 Å². The van der Waals surface area contributed by atoms with Gasteiger partial charge in [-0.25, -0.2) is 4.68 Å². The molecule has 0 aliphatic carbocycles. The van der Waals surface area contributed by atoms with E-state index in [4.69, 9.17) is 33.2 Å². The molecule has 12 heteroatoms. The highest BCUT2D eigenvalue weighted by Crippen LogP contribution is 2.40. The zero-order valence-corrected chi connectivity index (χ0v) is 45.6. The predicted molar refractivity (Wildman–Crippen MR) is 289 cm³/mol. The number of unbranched alkanes of at least 4 members (excludes halogenated alkanes) is 27. The van der Waals surface area contributed by atoms with E-state index in [0.717, 1.165) is 87.1 Å². The first-order valence-electron chi connectivity index (χ1n) is 29.4. The summed E-state index contributed by atoms with van der Waals surface area (Å²) < 4.78 is 44.8. The predicted octanol–water partition coefficient (Wildman–Crippen LogP) is 13.7. The van der Waals surface area contributed by atoms with Gasteiger partial charge >= 0.3 is 0 Å². The van der Waals surface area contributed by atoms with Crippen molar-refractivity contribution in [1.29, 1.82) is 0 Å². The average Bonchev–Trinajstić information content (AvgIpc) is 3.82. The van der Waals surface area contributed by atoms with Gasteiger partial charge in [0.25, 0.3) is 0 Å². The van der Waals surface area contributed by atoms with Crippen LogP contribution in [0.5, 0.6) is 17.2 Å². The minimum Gasteiger partial charge on any atom is -0.490 e. The number of hydrogen-bond acceptors (Lipinski definition) is 11. The van der Waals surface area contributed by atoms with Crippen molar-refractivity contribution in [1.82, 2.24) is 25.2 Å². The van der Waals surface area contributed by atoms with Crippen LogP contribution in [0, 0.1) is 0 Å². The minimum absolute atomic E-state index is 0.372. The third-order valence-corrected chi connectivity index (χ3v) is 13.4. The van der Waals surface area contributed by atoms with Crippen molar-refractivity contribution in [2.24, 2.45) is 0 Å². The van der Waals surface area contributed by atoms with Gasteiger partial charge < -0.3 is 38.5 Å². The van der Waals surface area contributed by atoms with Gasteiger partial charge in [-0.15, -0.1) is 5.10 Å². The molecule has 3 rings (SSSR count). The Morgan fingerprint density at radius 1 is 0.443 bits per heavy atom. The molecule has 2 aromatic rings. The van der Waals surface area contributed by atoms with Gasteiger partial charge in [0.05, 0.1) is 85.4 Å². The molecule has 1 fully saturated rings. The molecule has 1 aliphatic rings. The van der Waals surface area contributed by atoms with Crippen LogP contribution in [0.2, 0.25) is 0 Å². The van der Waals surface area contributed by atoms with E-state index >= 15 is 0 Å². The smallest absolute Gasteiger partial charge is 0.203 e. The first kappa shape index (κ1) is 61.8. The maximum absolute atomic E-state index is 6.65. The van der Waals surface area contributed by atoms with E-state index in [9.17, 15) is 0 Å². The molecule has 2 heterocycles. The fourth-order valence-electron chi connectivity index (χ4n) is 9.02. The molecule has 1 aromatic carbocycles. The quantitative estimate of drug-likeness (QED) is 0.0640. The Bertz CT molecular complexity index is 1380. The minimum atomic E-state index is 0.372. The Labute approximate surface area is 429 Å². The lowest BCUT2D eigenvalue weighted by molar-refractivity contribution is -0.00646. The molecule has 0 saturated carbocycles. The fraction of sp³-hybridized carbons (Fsp3) is 0.862. The molecule has 0 atom stereocenters. The molecule has 0 radical (unpaired) electrons. The van der Waals surface area contributed by atoms with Gasteiger partial charge in [0.1, 0.15) is 5.69 Å². The number of ether oxygens (including phenoxy) is 7. The standard InChI is InChI=1S/C58H107N5O7/c1-4-7-10-13-16-19-22-25-28-31-39-68-56-49-54(51-63-52-55(60-61-63)53-67-48-47-66-46-45-65-44-43-64-42-38-62-36-34-59-35-37-62)50-57(69-40-32-29-26-23-20-17-14-11-8-5-2)58(56)70-41-33-30-27-24-21-18-15-12-9-6-3/h49-50,52,59H,4-48,51,53H2,1-3H3. The lowest BCUT2D eigenvalue weighted by Gasteiger charge is -2.26. The van der Waals surface area contributed by atoms with Gasteiger partial charge in [-0.05, 0) is 37.0 Å². The van der Waals surface area contributed by atoms with Gasteiger partial charge in [0, 0.05) is 32.7 Å². The highest BCUT2D eigenvalue weighted by Gasteiger charge is 2.17. The third-order valence-electron chi connectivity index (χ3n) is 13.4. The molecule has 1 aromatic heterocycles. The Balaban J connectivity index is 1.51. The lowest BCUT2D eigenvalue weighted by atomic mass is 10.1. The van der Waals surface area contributed by atoms with Gasteiger partial charge in [-0.1, -0.05) is 199 Å². The molecule has 1 N–H and O–H groups in total. The first-order valence-corrected chi connectivity index (χ1v) is 29.4. The van der Waals surface area contributed by atoms with E-state index in [2.05, 4.69) is 53.4 Å². The number of piperazine rings is 1. The monoisotopic (exact) mass is 986 g/mol. The second-order valence-corrected chi connectivity index (χ2v) is 19.9. The molecule has 1 aliphatic heterocycles. The molecule has 0 spiro atoms. The molecule has 406 valence electrons. The van der Waals surface area contributed by atoms with Crippen molar-refractivity contribution in [3.8, 4) is 17.2 Å². The lowest BCUT2D eigenvalue weighted by Crippen LogP contribution is -2.44. The number of hydrogen-bond donors (Lipinski definition) is 1. The Morgan fingerprint density at radius 3 is 1.27 bits per heavy atom. The topological polar surface area (TPSA) is 111 Å². The normalized spacial score (nSPS) is 13.1. The van der Waals surface area contributed by atoms with Crippen LogP contribution in [0.25, 0.3) is 0 Å². The van der Waals surface area contributed by atoms with Crippen LogP contribution in [0.3, 0.4) is 0 Å². The van der Waals surface area contributed by atoms with Crippen LogP contribution >= 0.6 is 0 Å². The second kappa shape index (κ2) is 46.3. The van der Waals surface area contributed by atoms with Crippen molar-refractivity contribution >= 4 is 0 Å². The summed E-state index contributed by atoms with van der Waals surface area (Å²) in [5.41, 5.74) is 1.84. The zero-order valence-electron chi connectivity index (χ0n) is 45.6. The van der Waals surface area contributed by atoms with Gasteiger partial charge in [-0.3, -0.25) is 4.90 Å². The van der Waals surface area contributed by atoms with E-state index < -0.39 is 0 Å². The van der Waals surface area contributed by atoms with Crippen LogP contribution in [0.1, 0.15) is 225 Å². The summed E-state index contributed by atoms with van der Waals surface area (Å²) >= 11 is 0. The highest BCUT2D eigenvalue weighted by molar-refractivity contribution is 5.54. The van der Waals surface area contributed by atoms with Crippen molar-refractivity contribution in [3.05, 3.63) is 29.6 Å². The third kappa shape index (κ3) is 34.0. The average molecular weight is 987 g/mol. The van der Waals surface area contributed by atoms with Gasteiger partial charge in [-0.2, -0.15) is 0 Å². The highest BCUT2D eigenvalue weighted by atomic mass is 16.6. The maximum atomic E-state index is 6.65. The molecule has 0 unspecified atom stereocenters. The van der Waals surface area contributed by atoms with Crippen molar-refractivity contribution < 1.29 is 33.2 Å². The zero-order chi connectivity index (χ0) is 49.5. The van der Waals surface area contributed by atoms with Crippen LogP contribution in [-0.2, 0) is 32.1 Å². The van der Waals surface area contributed by atoms with E-state index in [1.165, 1.54) is 173 Å². The number of benzene rings is 1. The van der Waals surface area contributed by atoms with Crippen LogP contribution in [0.4, 0.5) is 0 Å². The Hall–Kier alpha value is -2.48. The van der Waals surface area contributed by atoms with Crippen molar-refractivity contribution in [3.63, 3.8) is 0 Å². The SMILES string of the molecule is CCCCCCCCCCCCOc1cc(Cn2cc(COCCOCCOCCOCCN3CCNCC3)nn2)cc(OCCCCCCCCCCCC)c1OCCCCCCCCCCCC. The summed E-state index contributed by atoms with van der Waals surface area (Å²) in [6.07, 6.45) is 40.8. The van der Waals surface area contributed by atoms with Gasteiger partial charge in [0.2, 0.25) is 5.75 Å². The molecule has 0 bridgehead atoms. The van der Waals surface area contributed by atoms with Crippen LogP contribution < -0.4 is 19.5 Å². The largest absolute Gasteiger partial charge is 0.490 e. The number of nitrogens with zero attached hydrogens (tertiary/aromatic N) is 4. The Kier molecular flexibility index (Phi) is 40.9. The number of nitrogens with one attached hydrogen (secondary N) is 1. The molecular formula is C58H107N5O7. The van der Waals surface area contributed by atoms with Gasteiger partial charge in [0.15, 0.2) is 11.5 Å². The summed E-state index contributed by atoms with van der Waals surface area (Å²) in [6.45, 7) is 19.1. The first-order chi connectivity index (χ1) is 34.7. The number of aromatic nitrogens is 3. The van der Waals surface area contributed by atoms with E-state index in [0.29, 0.717) is 72.6 Å². The molecule has 12 nitrogen and oxygen atoms in total. The van der Waals surface area contributed by atoms with E-state index in [1.54, 1.807) is 0 Å². The summed E-state index contributed by atoms with van der Waals surface area (Å²) in [7, 11) is 0. The fourth-order valence-corrected chi connectivity index (χ4v) is 9.02. The summed E-state index contributed by atoms with van der Waals surface area (Å²) in [6, 6.07) is 4.27. The summed E-state index contributed by atoms with van der Waals surface area (Å²) in [5.74, 6) is 2.32. The van der Waals surface area contributed by atoms with Crippen molar-refractivity contribution in [2.45, 2.75) is 227 Å². The summed E-state index contributed by atoms with van der Waals surface area (Å²) in [5, 5.41) is 12.3. The van der Waals surface area contributed by atoms with E-state index in [1.807, 2.05) is 10.9 Å². The molecule has 70 heavy (non-hydrogen) atoms. The molecule has 1 saturated heterocycles. The Morgan fingerprint density at radius 2 is 0.829 bits per heavy atom. The summed E-state index contributed by atoms with van der Waals surface area (Å²) in [4.78, 5) is 2.43. The maximum Gasteiger partial charge on any atom is 0.203 e.